The fraction of sp³-hybridized carbons (Fsp3) is 0.565. The molecule has 28 heavy (non-hydrogen) atoms. The minimum absolute atomic E-state index is 0.0550. The summed E-state index contributed by atoms with van der Waals surface area (Å²) in [6, 6.07) is 6.51. The Labute approximate surface area is 164 Å². The van der Waals surface area contributed by atoms with Crippen LogP contribution in [0.4, 0.5) is 4.39 Å². The summed E-state index contributed by atoms with van der Waals surface area (Å²) >= 11 is 0. The van der Waals surface area contributed by atoms with Gasteiger partial charge < -0.3 is 9.88 Å². The average Bonchev–Trinajstić information content (AvgIpc) is 3.05. The van der Waals surface area contributed by atoms with Crippen LogP contribution in [0.25, 0.3) is 10.9 Å². The van der Waals surface area contributed by atoms with Crippen LogP contribution in [0.2, 0.25) is 0 Å². The van der Waals surface area contributed by atoms with Gasteiger partial charge in [-0.1, -0.05) is 6.92 Å². The van der Waals surface area contributed by atoms with Crippen LogP contribution in [-0.4, -0.2) is 27.9 Å². The van der Waals surface area contributed by atoms with Crippen molar-refractivity contribution in [2.45, 2.75) is 70.4 Å². The maximum absolute atomic E-state index is 14.6. The normalized spacial score (nSPS) is 31.9. The van der Waals surface area contributed by atoms with Gasteiger partial charge in [0.15, 0.2) is 0 Å². The molecular formula is C23H26FN3O. The van der Waals surface area contributed by atoms with E-state index in [4.69, 9.17) is 0 Å². The molecule has 0 spiro atoms. The van der Waals surface area contributed by atoms with E-state index >= 15 is 0 Å². The third-order valence-electron chi connectivity index (χ3n) is 7.37. The van der Waals surface area contributed by atoms with E-state index in [1.54, 1.807) is 6.07 Å². The number of benzene rings is 1. The standard InChI is InChI=1S/C23H26FN3O/c1-13-3-19(24)22-18(11-26-20(22)4-13)14(2)5-21(28)27-16-6-15-7-17(27)10-23(8-15,9-16)12-25/h3-4,11,14-17,26H,5-10H2,1-2H3. The van der Waals surface area contributed by atoms with Crippen molar-refractivity contribution in [1.29, 1.82) is 5.26 Å². The number of aryl methyl sites for hydroxylation is 1. The zero-order valence-electron chi connectivity index (χ0n) is 16.5. The van der Waals surface area contributed by atoms with E-state index in [1.807, 2.05) is 26.1 Å². The largest absolute Gasteiger partial charge is 0.361 e. The van der Waals surface area contributed by atoms with Gasteiger partial charge in [-0.15, -0.1) is 0 Å². The van der Waals surface area contributed by atoms with Crippen LogP contribution < -0.4 is 0 Å². The van der Waals surface area contributed by atoms with Crippen LogP contribution in [0.5, 0.6) is 0 Å². The summed E-state index contributed by atoms with van der Waals surface area (Å²) in [5.74, 6) is 0.484. The van der Waals surface area contributed by atoms with E-state index in [1.165, 1.54) is 0 Å². The predicted molar refractivity (Wildman–Crippen MR) is 105 cm³/mol. The van der Waals surface area contributed by atoms with Gasteiger partial charge in [-0.05, 0) is 74.1 Å². The lowest BCUT2D eigenvalue weighted by Gasteiger charge is -2.59. The number of halogens is 1. The SMILES string of the molecule is Cc1cc(F)c2c(C(C)CC(=O)N3C4CC5CC3CC(C#N)(C5)C4)c[nH]c2c1. The van der Waals surface area contributed by atoms with Crippen molar-refractivity contribution in [2.75, 3.05) is 0 Å². The second kappa shape index (κ2) is 6.07. The molecule has 4 aliphatic rings. The summed E-state index contributed by atoms with van der Waals surface area (Å²) in [6.07, 6.45) is 7.00. The van der Waals surface area contributed by atoms with Crippen molar-refractivity contribution < 1.29 is 9.18 Å². The van der Waals surface area contributed by atoms with Crippen molar-refractivity contribution >= 4 is 16.8 Å². The van der Waals surface area contributed by atoms with Crippen LogP contribution in [0.1, 0.15) is 62.5 Å². The fourth-order valence-electron chi connectivity index (χ4n) is 6.41. The number of nitrogens with zero attached hydrogens (tertiary/aromatic N) is 2. The van der Waals surface area contributed by atoms with Crippen molar-refractivity contribution in [1.82, 2.24) is 9.88 Å². The third-order valence-corrected chi connectivity index (χ3v) is 7.37. The maximum atomic E-state index is 14.6. The molecule has 4 nitrogen and oxygen atoms in total. The monoisotopic (exact) mass is 379 g/mol. The van der Waals surface area contributed by atoms with Gasteiger partial charge in [0.2, 0.25) is 5.91 Å². The van der Waals surface area contributed by atoms with Crippen LogP contribution >= 0.6 is 0 Å². The molecule has 4 fully saturated rings. The first-order valence-electron chi connectivity index (χ1n) is 10.4. The van der Waals surface area contributed by atoms with Gasteiger partial charge in [0, 0.05) is 35.6 Å². The van der Waals surface area contributed by atoms with Crippen molar-refractivity contribution in [2.24, 2.45) is 11.3 Å². The highest BCUT2D eigenvalue weighted by atomic mass is 19.1. The Morgan fingerprint density at radius 3 is 2.75 bits per heavy atom. The zero-order valence-corrected chi connectivity index (χ0v) is 16.5. The van der Waals surface area contributed by atoms with Gasteiger partial charge in [0.1, 0.15) is 5.82 Å². The highest BCUT2D eigenvalue weighted by molar-refractivity contribution is 5.86. The van der Waals surface area contributed by atoms with E-state index < -0.39 is 0 Å². The molecule has 146 valence electrons. The van der Waals surface area contributed by atoms with E-state index in [9.17, 15) is 14.4 Å². The number of aromatic nitrogens is 1. The molecule has 1 aromatic heterocycles. The Morgan fingerprint density at radius 1 is 1.36 bits per heavy atom. The lowest BCUT2D eigenvalue weighted by atomic mass is 9.56. The Bertz CT molecular complexity index is 987. The van der Waals surface area contributed by atoms with Crippen molar-refractivity contribution in [3.05, 3.63) is 35.3 Å². The summed E-state index contributed by atoms with van der Waals surface area (Å²) in [6.45, 7) is 3.89. The molecule has 0 radical (unpaired) electrons. The number of piperidine rings is 2. The smallest absolute Gasteiger partial charge is 0.223 e. The quantitative estimate of drug-likeness (QED) is 0.833. The topological polar surface area (TPSA) is 59.9 Å². The first kappa shape index (κ1) is 17.7. The summed E-state index contributed by atoms with van der Waals surface area (Å²) in [5.41, 5.74) is 2.35. The number of rotatable bonds is 3. The highest BCUT2D eigenvalue weighted by Gasteiger charge is 2.55. The van der Waals surface area contributed by atoms with Crippen LogP contribution in [0, 0.1) is 35.4 Å². The molecule has 1 aromatic carbocycles. The number of nitriles is 1. The third kappa shape index (κ3) is 2.57. The summed E-state index contributed by atoms with van der Waals surface area (Å²) < 4.78 is 14.6. The minimum atomic E-state index is -0.226. The number of carbonyl (C=O) groups excluding carboxylic acids is 1. The molecule has 4 bridgehead atoms. The van der Waals surface area contributed by atoms with E-state index in [0.717, 1.165) is 48.7 Å². The van der Waals surface area contributed by atoms with Crippen LogP contribution in [0.15, 0.2) is 18.3 Å². The molecule has 1 N–H and O–H groups in total. The maximum Gasteiger partial charge on any atom is 0.223 e. The number of nitrogens with one attached hydrogen (secondary N) is 1. The number of carbonyl (C=O) groups is 1. The van der Waals surface area contributed by atoms with Crippen molar-refractivity contribution in [3.63, 3.8) is 0 Å². The summed E-state index contributed by atoms with van der Waals surface area (Å²) in [7, 11) is 0. The Morgan fingerprint density at radius 2 is 2.07 bits per heavy atom. The molecule has 3 unspecified atom stereocenters. The van der Waals surface area contributed by atoms with Crippen LogP contribution in [-0.2, 0) is 4.79 Å². The molecular weight excluding hydrogens is 353 g/mol. The number of hydrogen-bond acceptors (Lipinski definition) is 2. The summed E-state index contributed by atoms with van der Waals surface area (Å²) in [4.78, 5) is 18.5. The molecule has 2 saturated carbocycles. The average molecular weight is 379 g/mol. The predicted octanol–water partition coefficient (Wildman–Crippen LogP) is 4.79. The van der Waals surface area contributed by atoms with E-state index in [0.29, 0.717) is 17.7 Å². The second-order valence-corrected chi connectivity index (χ2v) is 9.47. The second-order valence-electron chi connectivity index (χ2n) is 9.47. The first-order valence-corrected chi connectivity index (χ1v) is 10.4. The molecule has 2 aromatic rings. The molecule has 6 rings (SSSR count). The Balaban J connectivity index is 1.38. The van der Waals surface area contributed by atoms with Gasteiger partial charge in [-0.3, -0.25) is 4.79 Å². The minimum Gasteiger partial charge on any atom is -0.361 e. The molecule has 2 aliphatic carbocycles. The first-order chi connectivity index (χ1) is 13.4. The Hall–Kier alpha value is -2.35. The molecule has 3 atom stereocenters. The molecule has 1 amide bonds. The molecule has 3 heterocycles. The van der Waals surface area contributed by atoms with Gasteiger partial charge in [0.05, 0.1) is 11.5 Å². The van der Waals surface area contributed by atoms with Gasteiger partial charge in [0.25, 0.3) is 0 Å². The number of H-pyrrole nitrogens is 1. The van der Waals surface area contributed by atoms with Crippen LogP contribution in [0.3, 0.4) is 0 Å². The van der Waals surface area contributed by atoms with Gasteiger partial charge in [-0.25, -0.2) is 4.39 Å². The number of hydrogen-bond donors (Lipinski definition) is 1. The fourth-order valence-corrected chi connectivity index (χ4v) is 6.41. The van der Waals surface area contributed by atoms with Crippen molar-refractivity contribution in [3.8, 4) is 6.07 Å². The molecule has 5 heteroatoms. The highest BCUT2D eigenvalue weighted by Crippen LogP contribution is 2.56. The molecule has 2 aliphatic heterocycles. The Kier molecular flexibility index (Phi) is 3.84. The summed E-state index contributed by atoms with van der Waals surface area (Å²) in [5, 5.41) is 10.3. The zero-order chi connectivity index (χ0) is 19.6. The number of fused-ring (bicyclic) bond motifs is 1. The van der Waals surface area contributed by atoms with E-state index in [2.05, 4.69) is 16.0 Å². The lowest BCUT2D eigenvalue weighted by molar-refractivity contribution is -0.153. The lowest BCUT2D eigenvalue weighted by Crippen LogP contribution is -2.63. The number of amides is 1. The number of aromatic amines is 1. The van der Waals surface area contributed by atoms with Gasteiger partial charge >= 0.3 is 0 Å². The van der Waals surface area contributed by atoms with Gasteiger partial charge in [-0.2, -0.15) is 5.26 Å². The molecule has 2 saturated heterocycles. The van der Waals surface area contributed by atoms with E-state index in [-0.39, 0.29) is 35.1 Å².